The molecule has 32 heavy (non-hydrogen) atoms. The van der Waals surface area contributed by atoms with E-state index < -0.39 is 0 Å². The highest BCUT2D eigenvalue weighted by molar-refractivity contribution is 14.0. The Morgan fingerprint density at radius 3 is 2.53 bits per heavy atom. The molecule has 6 nitrogen and oxygen atoms in total. The Bertz CT molecular complexity index is 777. The first-order valence-electron chi connectivity index (χ1n) is 11.7. The summed E-state index contributed by atoms with van der Waals surface area (Å²) in [6.07, 6.45) is 7.17. The minimum Gasteiger partial charge on any atom is -0.381 e. The van der Waals surface area contributed by atoms with Crippen LogP contribution in [-0.2, 0) is 14.9 Å². The van der Waals surface area contributed by atoms with E-state index in [1.54, 1.807) is 7.05 Å². The maximum Gasteiger partial charge on any atom is 0.225 e. The third kappa shape index (κ3) is 5.92. The summed E-state index contributed by atoms with van der Waals surface area (Å²) in [4.78, 5) is 19.2. The number of hydrogen-bond donors (Lipinski definition) is 2. The fourth-order valence-corrected chi connectivity index (χ4v) is 5.28. The van der Waals surface area contributed by atoms with E-state index in [4.69, 9.17) is 4.74 Å². The van der Waals surface area contributed by atoms with Gasteiger partial charge in [0.1, 0.15) is 5.82 Å². The van der Waals surface area contributed by atoms with Gasteiger partial charge in [-0.15, -0.1) is 24.0 Å². The summed E-state index contributed by atoms with van der Waals surface area (Å²) in [6.45, 7) is 3.67. The molecule has 1 aromatic rings. The van der Waals surface area contributed by atoms with Gasteiger partial charge in [0.2, 0.25) is 5.91 Å². The average Bonchev–Trinajstić information content (AvgIpc) is 3.50. The van der Waals surface area contributed by atoms with E-state index in [-0.39, 0.29) is 47.2 Å². The molecule has 1 aromatic carbocycles. The summed E-state index contributed by atoms with van der Waals surface area (Å²) in [5.74, 6) is 1.12. The Hall–Kier alpha value is -1.42. The molecular weight excluding hydrogens is 522 g/mol. The number of carbonyl (C=O) groups excluding carboxylic acids is 1. The summed E-state index contributed by atoms with van der Waals surface area (Å²) >= 11 is 0. The number of carbonyl (C=O) groups is 1. The van der Waals surface area contributed by atoms with Gasteiger partial charge in [0.05, 0.1) is 0 Å². The monoisotopic (exact) mass is 558 g/mol. The maximum atomic E-state index is 13.5. The van der Waals surface area contributed by atoms with Crippen molar-refractivity contribution in [1.82, 2.24) is 15.5 Å². The molecule has 1 unspecified atom stereocenters. The lowest BCUT2D eigenvalue weighted by Gasteiger charge is -2.38. The van der Waals surface area contributed by atoms with Crippen molar-refractivity contribution in [2.45, 2.75) is 56.4 Å². The molecule has 1 aliphatic carbocycles. The Morgan fingerprint density at radius 1 is 1.19 bits per heavy atom. The lowest BCUT2D eigenvalue weighted by atomic mass is 9.74. The van der Waals surface area contributed by atoms with Gasteiger partial charge in [0.15, 0.2) is 5.96 Å². The predicted octanol–water partition coefficient (Wildman–Crippen LogP) is 3.45. The normalized spacial score (nSPS) is 23.6. The molecule has 8 heteroatoms. The van der Waals surface area contributed by atoms with Crippen LogP contribution in [0.5, 0.6) is 0 Å². The van der Waals surface area contributed by atoms with E-state index in [0.29, 0.717) is 25.7 Å². The number of rotatable bonds is 5. The van der Waals surface area contributed by atoms with Gasteiger partial charge in [-0.05, 0) is 49.8 Å². The maximum absolute atomic E-state index is 13.5. The average molecular weight is 558 g/mol. The summed E-state index contributed by atoms with van der Waals surface area (Å²) in [6, 6.07) is 7.07. The Labute approximate surface area is 207 Å². The number of amides is 1. The number of nitrogens with zero attached hydrogens (tertiary/aromatic N) is 2. The van der Waals surface area contributed by atoms with Crippen LogP contribution < -0.4 is 10.6 Å². The molecule has 178 valence electrons. The lowest BCUT2D eigenvalue weighted by Crippen LogP contribution is -2.50. The highest BCUT2D eigenvalue weighted by Crippen LogP contribution is 2.34. The van der Waals surface area contributed by atoms with Gasteiger partial charge >= 0.3 is 0 Å². The zero-order valence-corrected chi connectivity index (χ0v) is 21.3. The van der Waals surface area contributed by atoms with Crippen LogP contribution in [-0.4, -0.2) is 62.7 Å². The lowest BCUT2D eigenvalue weighted by molar-refractivity contribution is -0.134. The topological polar surface area (TPSA) is 66.0 Å². The van der Waals surface area contributed by atoms with Crippen LogP contribution in [0.15, 0.2) is 29.3 Å². The number of nitrogens with one attached hydrogen (secondary N) is 2. The zero-order valence-electron chi connectivity index (χ0n) is 18.9. The highest BCUT2D eigenvalue weighted by atomic mass is 127. The molecule has 2 aliphatic heterocycles. The van der Waals surface area contributed by atoms with Crippen molar-refractivity contribution < 1.29 is 13.9 Å². The third-order valence-corrected chi connectivity index (χ3v) is 7.27. The van der Waals surface area contributed by atoms with E-state index in [9.17, 15) is 9.18 Å². The van der Waals surface area contributed by atoms with Gasteiger partial charge in [-0.3, -0.25) is 9.79 Å². The van der Waals surface area contributed by atoms with Crippen molar-refractivity contribution in [2.24, 2.45) is 10.9 Å². The van der Waals surface area contributed by atoms with Gasteiger partial charge in [-0.1, -0.05) is 25.0 Å². The van der Waals surface area contributed by atoms with Crippen LogP contribution >= 0.6 is 24.0 Å². The second-order valence-electron chi connectivity index (χ2n) is 9.22. The predicted molar refractivity (Wildman–Crippen MR) is 135 cm³/mol. The number of ether oxygens (including phenoxy) is 1. The molecule has 2 saturated heterocycles. The molecule has 1 amide bonds. The number of likely N-dealkylation sites (tertiary alicyclic amines) is 1. The Balaban J connectivity index is 0.00000289. The molecule has 2 heterocycles. The van der Waals surface area contributed by atoms with Crippen LogP contribution in [0.1, 0.15) is 50.5 Å². The molecule has 3 fully saturated rings. The molecule has 1 atom stereocenters. The van der Waals surface area contributed by atoms with Crippen molar-refractivity contribution in [2.75, 3.05) is 39.9 Å². The fourth-order valence-electron chi connectivity index (χ4n) is 5.28. The van der Waals surface area contributed by atoms with E-state index in [1.165, 1.54) is 25.0 Å². The highest BCUT2D eigenvalue weighted by Gasteiger charge is 2.36. The summed E-state index contributed by atoms with van der Waals surface area (Å²) in [5, 5.41) is 7.02. The number of hydrogen-bond acceptors (Lipinski definition) is 3. The minimum absolute atomic E-state index is 0. The fraction of sp³-hybridized carbons (Fsp3) is 0.667. The number of guanidine groups is 1. The molecule has 2 N–H and O–H groups in total. The first-order valence-corrected chi connectivity index (χ1v) is 11.7. The number of halogens is 2. The van der Waals surface area contributed by atoms with E-state index in [1.807, 2.05) is 17.0 Å². The van der Waals surface area contributed by atoms with E-state index in [2.05, 4.69) is 15.6 Å². The van der Waals surface area contributed by atoms with Crippen molar-refractivity contribution in [3.8, 4) is 0 Å². The van der Waals surface area contributed by atoms with Gasteiger partial charge in [-0.25, -0.2) is 4.39 Å². The van der Waals surface area contributed by atoms with Gasteiger partial charge < -0.3 is 20.3 Å². The first-order chi connectivity index (χ1) is 15.1. The van der Waals surface area contributed by atoms with Crippen LogP contribution in [0.3, 0.4) is 0 Å². The standard InChI is InChI=1S/C24H35FN4O2.HI/c1-26-23(28-21-10-13-29(16-21)22(30)18-4-2-3-5-18)27-17-24(11-14-31-15-12-24)19-6-8-20(25)9-7-19;/h6-9,18,21H,2-5,10-17H2,1H3,(H2,26,27,28);1H. The van der Waals surface area contributed by atoms with Gasteiger partial charge in [-0.2, -0.15) is 0 Å². The van der Waals surface area contributed by atoms with Crippen molar-refractivity contribution in [3.05, 3.63) is 35.6 Å². The van der Waals surface area contributed by atoms with Crippen molar-refractivity contribution in [1.29, 1.82) is 0 Å². The van der Waals surface area contributed by atoms with E-state index >= 15 is 0 Å². The summed E-state index contributed by atoms with van der Waals surface area (Å²) in [5.41, 5.74) is 1.03. The quantitative estimate of drug-likeness (QED) is 0.330. The first kappa shape index (κ1) is 25.2. The minimum atomic E-state index is -0.214. The second-order valence-corrected chi connectivity index (χ2v) is 9.22. The van der Waals surface area contributed by atoms with E-state index in [0.717, 1.165) is 56.7 Å². The summed E-state index contributed by atoms with van der Waals surface area (Å²) < 4.78 is 19.1. The van der Waals surface area contributed by atoms with Crippen molar-refractivity contribution in [3.63, 3.8) is 0 Å². The SMILES string of the molecule is CN=C(NCC1(c2ccc(F)cc2)CCOCC1)NC1CCN(C(=O)C2CCCC2)C1.I. The molecule has 3 aliphatic rings. The second kappa shape index (κ2) is 11.6. The molecule has 0 spiro atoms. The smallest absolute Gasteiger partial charge is 0.225 e. The molecule has 0 aromatic heterocycles. The number of benzene rings is 1. The Morgan fingerprint density at radius 2 is 1.88 bits per heavy atom. The zero-order chi connectivity index (χ0) is 21.7. The van der Waals surface area contributed by atoms with Gasteiger partial charge in [0.25, 0.3) is 0 Å². The van der Waals surface area contributed by atoms with Crippen molar-refractivity contribution >= 4 is 35.8 Å². The molecule has 1 saturated carbocycles. The Kier molecular flexibility index (Phi) is 9.16. The molecular formula is C24H36FIN4O2. The van der Waals surface area contributed by atoms with Crippen LogP contribution in [0.4, 0.5) is 4.39 Å². The van der Waals surface area contributed by atoms with Crippen LogP contribution in [0.25, 0.3) is 0 Å². The molecule has 4 rings (SSSR count). The van der Waals surface area contributed by atoms with Crippen LogP contribution in [0, 0.1) is 11.7 Å². The molecule has 0 radical (unpaired) electrons. The summed E-state index contributed by atoms with van der Waals surface area (Å²) in [7, 11) is 1.78. The number of aliphatic imine (C=N–C) groups is 1. The molecule has 0 bridgehead atoms. The van der Waals surface area contributed by atoms with Gasteiger partial charge in [0, 0.05) is 57.3 Å². The largest absolute Gasteiger partial charge is 0.381 e. The third-order valence-electron chi connectivity index (χ3n) is 7.27. The van der Waals surface area contributed by atoms with Crippen LogP contribution in [0.2, 0.25) is 0 Å².